The highest BCUT2D eigenvalue weighted by Crippen LogP contribution is 2.38. The second-order valence-electron chi connectivity index (χ2n) is 6.87. The first-order chi connectivity index (χ1) is 13.6. The Hall–Kier alpha value is -2.59. The smallest absolute Gasteiger partial charge is 0.394 e. The number of hydrogen-bond acceptors (Lipinski definition) is 6. The quantitative estimate of drug-likeness (QED) is 0.639. The van der Waals surface area contributed by atoms with Gasteiger partial charge in [-0.3, -0.25) is 4.68 Å². The maximum Gasteiger partial charge on any atom is 0.419 e. The number of hydrogen-bond donors (Lipinski definition) is 3. The van der Waals surface area contributed by atoms with Crippen LogP contribution in [0.25, 0.3) is 0 Å². The van der Waals surface area contributed by atoms with Gasteiger partial charge in [0.2, 0.25) is 11.2 Å². The number of aliphatic hydroxyl groups is 1. The third-order valence-electron chi connectivity index (χ3n) is 4.52. The second-order valence-corrected chi connectivity index (χ2v) is 7.46. The zero-order chi connectivity index (χ0) is 21.3. The average Bonchev–Trinajstić information content (AvgIpc) is 3.09. The molecule has 1 aliphatic rings. The summed E-state index contributed by atoms with van der Waals surface area (Å²) in [6.07, 6.45) is -2.18. The molecular weight excluding hydrogens is 409 g/mol. The Balaban J connectivity index is 1.96. The normalized spacial score (nSPS) is 24.0. The number of benzene rings is 1. The molecule has 0 aliphatic carbocycles. The number of nitrogens with one attached hydrogen (secondary N) is 2. The van der Waals surface area contributed by atoms with Crippen molar-refractivity contribution in [3.8, 4) is 0 Å². The molecule has 0 bridgehead atoms. The first-order valence-electron chi connectivity index (χ1n) is 8.65. The molecule has 1 aliphatic heterocycles. The molecule has 0 saturated heterocycles. The van der Waals surface area contributed by atoms with Crippen molar-refractivity contribution in [1.82, 2.24) is 15.1 Å². The minimum Gasteiger partial charge on any atom is -0.394 e. The van der Waals surface area contributed by atoms with Gasteiger partial charge in [-0.2, -0.15) is 18.3 Å². The van der Waals surface area contributed by atoms with Gasteiger partial charge in [0.15, 0.2) is 0 Å². The predicted molar refractivity (Wildman–Crippen MR) is 105 cm³/mol. The van der Waals surface area contributed by atoms with Crippen LogP contribution in [0.15, 0.2) is 52.7 Å². The molecule has 0 amide bonds. The van der Waals surface area contributed by atoms with Crippen molar-refractivity contribution in [1.29, 1.82) is 0 Å². The fourth-order valence-electron chi connectivity index (χ4n) is 2.80. The van der Waals surface area contributed by atoms with E-state index in [2.05, 4.69) is 25.7 Å². The molecule has 3 rings (SSSR count). The highest BCUT2D eigenvalue weighted by atomic mass is 35.5. The summed E-state index contributed by atoms with van der Waals surface area (Å²) in [5.41, 5.74) is -0.152. The van der Waals surface area contributed by atoms with E-state index in [-0.39, 0.29) is 0 Å². The molecule has 0 saturated carbocycles. The zero-order valence-corrected chi connectivity index (χ0v) is 16.4. The maximum atomic E-state index is 13.8. The summed E-state index contributed by atoms with van der Waals surface area (Å²) in [6, 6.07) is 8.59. The van der Waals surface area contributed by atoms with Crippen LogP contribution in [0, 0.1) is 0 Å². The summed E-state index contributed by atoms with van der Waals surface area (Å²) in [5, 5.41) is 19.5. The van der Waals surface area contributed by atoms with Crippen molar-refractivity contribution >= 4 is 29.3 Å². The Morgan fingerprint density at radius 3 is 2.52 bits per heavy atom. The van der Waals surface area contributed by atoms with Gasteiger partial charge in [0.05, 0.1) is 24.0 Å². The number of aliphatic imine (C=N–C) groups is 2. The molecule has 2 aromatic rings. The molecule has 29 heavy (non-hydrogen) atoms. The third-order valence-corrected chi connectivity index (χ3v) is 5.02. The number of aliphatic hydroxyl groups excluding tert-OH is 1. The van der Waals surface area contributed by atoms with Gasteiger partial charge in [-0.1, -0.05) is 41.9 Å². The van der Waals surface area contributed by atoms with Crippen molar-refractivity contribution < 1.29 is 18.3 Å². The number of rotatable bonds is 5. The number of aromatic nitrogens is 2. The van der Waals surface area contributed by atoms with Gasteiger partial charge < -0.3 is 15.7 Å². The molecule has 0 fully saturated rings. The molecule has 1 aromatic carbocycles. The molecule has 0 spiro atoms. The lowest BCUT2D eigenvalue weighted by Gasteiger charge is -2.38. The van der Waals surface area contributed by atoms with E-state index in [9.17, 15) is 18.3 Å². The molecule has 11 heteroatoms. The van der Waals surface area contributed by atoms with Crippen LogP contribution in [0.1, 0.15) is 12.5 Å². The summed E-state index contributed by atoms with van der Waals surface area (Å²) < 4.78 is 42.8. The SMILES string of the molecule is Cn1cc(NC2N=CC(Cl)(C(F)(F)F)C(NC(C)(CO)c3ccccc3)=N2)cn1. The van der Waals surface area contributed by atoms with E-state index in [0.29, 0.717) is 17.5 Å². The second kappa shape index (κ2) is 7.68. The first-order valence-corrected chi connectivity index (χ1v) is 9.03. The average molecular weight is 429 g/mol. The van der Waals surface area contributed by atoms with Gasteiger partial charge in [0, 0.05) is 19.5 Å². The van der Waals surface area contributed by atoms with Crippen LogP contribution in [0.4, 0.5) is 18.9 Å². The van der Waals surface area contributed by atoms with Crippen LogP contribution >= 0.6 is 11.6 Å². The molecule has 3 unspecified atom stereocenters. The highest BCUT2D eigenvalue weighted by Gasteiger charge is 2.59. The van der Waals surface area contributed by atoms with Crippen LogP contribution in [0.3, 0.4) is 0 Å². The molecule has 3 atom stereocenters. The Labute approximate surface area is 170 Å². The molecule has 7 nitrogen and oxygen atoms in total. The van der Waals surface area contributed by atoms with E-state index >= 15 is 0 Å². The van der Waals surface area contributed by atoms with Gasteiger partial charge >= 0.3 is 6.18 Å². The third kappa shape index (κ3) is 4.23. The van der Waals surface area contributed by atoms with E-state index in [1.54, 1.807) is 50.5 Å². The molecule has 3 N–H and O–H groups in total. The summed E-state index contributed by atoms with van der Waals surface area (Å²) in [7, 11) is 1.70. The Kier molecular flexibility index (Phi) is 5.59. The minimum atomic E-state index is -4.86. The minimum absolute atomic E-state index is 0.487. The largest absolute Gasteiger partial charge is 0.419 e. The number of nitrogens with zero attached hydrogens (tertiary/aromatic N) is 4. The van der Waals surface area contributed by atoms with Crippen molar-refractivity contribution in [2.45, 2.75) is 29.8 Å². The van der Waals surface area contributed by atoms with Crippen LogP contribution < -0.4 is 10.6 Å². The van der Waals surface area contributed by atoms with Crippen LogP contribution in [0.5, 0.6) is 0 Å². The summed E-state index contributed by atoms with van der Waals surface area (Å²) in [4.78, 5) is 4.93. The highest BCUT2D eigenvalue weighted by molar-refractivity contribution is 6.45. The van der Waals surface area contributed by atoms with E-state index in [1.807, 2.05) is 0 Å². The fourth-order valence-corrected chi connectivity index (χ4v) is 2.95. The topological polar surface area (TPSA) is 86.8 Å². The number of alkyl halides is 4. The lowest BCUT2D eigenvalue weighted by molar-refractivity contribution is -0.130. The predicted octanol–water partition coefficient (Wildman–Crippen LogP) is 2.64. The molecule has 2 heterocycles. The van der Waals surface area contributed by atoms with Crippen LogP contribution in [-0.2, 0) is 12.6 Å². The van der Waals surface area contributed by atoms with Crippen molar-refractivity contribution in [3.63, 3.8) is 0 Å². The number of amidine groups is 1. The summed E-state index contributed by atoms with van der Waals surface area (Å²) >= 11 is 5.95. The lowest BCUT2D eigenvalue weighted by atomic mass is 9.91. The number of aryl methyl sites for hydroxylation is 1. The van der Waals surface area contributed by atoms with Gasteiger partial charge in [-0.05, 0) is 12.5 Å². The van der Waals surface area contributed by atoms with Gasteiger partial charge in [-0.15, -0.1) is 0 Å². The van der Waals surface area contributed by atoms with Crippen molar-refractivity contribution in [2.75, 3.05) is 11.9 Å². The fraction of sp³-hybridized carbons (Fsp3) is 0.389. The van der Waals surface area contributed by atoms with Crippen molar-refractivity contribution in [2.24, 2.45) is 17.0 Å². The number of halogens is 4. The molecule has 156 valence electrons. The maximum absolute atomic E-state index is 13.8. The molecular formula is C18H20ClF3N6O. The van der Waals surface area contributed by atoms with Gasteiger partial charge in [0.1, 0.15) is 5.84 Å². The van der Waals surface area contributed by atoms with E-state index in [1.165, 1.54) is 10.9 Å². The van der Waals surface area contributed by atoms with Crippen molar-refractivity contribution in [3.05, 3.63) is 48.3 Å². The van der Waals surface area contributed by atoms with E-state index in [0.717, 1.165) is 0 Å². The number of anilines is 1. The van der Waals surface area contributed by atoms with Gasteiger partial charge in [0.25, 0.3) is 0 Å². The Bertz CT molecular complexity index is 916. The van der Waals surface area contributed by atoms with Gasteiger partial charge in [-0.25, -0.2) is 9.98 Å². The lowest BCUT2D eigenvalue weighted by Crippen LogP contribution is -2.61. The monoisotopic (exact) mass is 428 g/mol. The molecule has 1 aromatic heterocycles. The van der Waals surface area contributed by atoms with E-state index < -0.39 is 35.3 Å². The summed E-state index contributed by atoms with van der Waals surface area (Å²) in [6.45, 7) is 1.08. The first kappa shape index (κ1) is 21.1. The van der Waals surface area contributed by atoms with E-state index in [4.69, 9.17) is 11.6 Å². The Morgan fingerprint density at radius 2 is 1.97 bits per heavy atom. The molecule has 0 radical (unpaired) electrons. The van der Waals surface area contributed by atoms with Crippen LogP contribution in [0.2, 0.25) is 0 Å². The summed E-state index contributed by atoms with van der Waals surface area (Å²) in [5.74, 6) is -0.566. The zero-order valence-electron chi connectivity index (χ0n) is 15.7. The standard InChI is InChI=1S/C18H20ClF3N6O/c1-16(11-29,12-6-4-3-5-7-12)27-14-17(19,18(20,21)22)10-23-15(26-14)25-13-8-24-28(2)9-13/h3-10,15,25,29H,11H2,1-2H3,(H,26,27). The van der Waals surface area contributed by atoms with Crippen LogP contribution in [-0.4, -0.2) is 50.9 Å². The Morgan fingerprint density at radius 1 is 1.28 bits per heavy atom.